The predicted octanol–water partition coefficient (Wildman–Crippen LogP) is 4.07. The summed E-state index contributed by atoms with van der Waals surface area (Å²) < 4.78 is 13.0. The van der Waals surface area contributed by atoms with E-state index in [-0.39, 0.29) is 11.2 Å². The molecule has 20 heavy (non-hydrogen) atoms. The SMILES string of the molecule is CCCNCC(CC)(CC)CN(C)c1ccc(F)cc1. The Labute approximate surface area is 123 Å². The maximum Gasteiger partial charge on any atom is 0.123 e. The average Bonchev–Trinajstić information content (AvgIpc) is 2.47. The van der Waals surface area contributed by atoms with Gasteiger partial charge in [0.25, 0.3) is 0 Å². The quantitative estimate of drug-likeness (QED) is 0.686. The van der Waals surface area contributed by atoms with Crippen LogP contribution >= 0.6 is 0 Å². The highest BCUT2D eigenvalue weighted by Crippen LogP contribution is 2.28. The Morgan fingerprint density at radius 2 is 1.70 bits per heavy atom. The fourth-order valence-corrected chi connectivity index (χ4v) is 2.60. The van der Waals surface area contributed by atoms with Gasteiger partial charge in [0, 0.05) is 25.8 Å². The lowest BCUT2D eigenvalue weighted by Gasteiger charge is -2.37. The lowest BCUT2D eigenvalue weighted by molar-refractivity contribution is 0.256. The molecule has 0 saturated carbocycles. The average molecular weight is 280 g/mol. The molecule has 0 aliphatic heterocycles. The van der Waals surface area contributed by atoms with Crippen LogP contribution in [0, 0.1) is 11.2 Å². The topological polar surface area (TPSA) is 15.3 Å². The molecule has 2 nitrogen and oxygen atoms in total. The minimum Gasteiger partial charge on any atom is -0.374 e. The number of benzene rings is 1. The van der Waals surface area contributed by atoms with Gasteiger partial charge in [0.1, 0.15) is 5.82 Å². The zero-order valence-electron chi connectivity index (χ0n) is 13.4. The number of hydrogen-bond acceptors (Lipinski definition) is 2. The molecule has 3 heteroatoms. The van der Waals surface area contributed by atoms with Crippen molar-refractivity contribution in [2.75, 3.05) is 31.6 Å². The summed E-state index contributed by atoms with van der Waals surface area (Å²) in [6.07, 6.45) is 3.45. The van der Waals surface area contributed by atoms with Gasteiger partial charge in [-0.1, -0.05) is 20.8 Å². The molecular weight excluding hydrogens is 251 g/mol. The summed E-state index contributed by atoms with van der Waals surface area (Å²) in [6.45, 7) is 9.81. The van der Waals surface area contributed by atoms with E-state index in [0.29, 0.717) is 0 Å². The Kier molecular flexibility index (Phi) is 7.00. The zero-order valence-corrected chi connectivity index (χ0v) is 13.4. The van der Waals surface area contributed by atoms with Gasteiger partial charge in [0.2, 0.25) is 0 Å². The second kappa shape index (κ2) is 8.25. The largest absolute Gasteiger partial charge is 0.374 e. The van der Waals surface area contributed by atoms with Crippen LogP contribution in [0.2, 0.25) is 0 Å². The van der Waals surface area contributed by atoms with Crippen molar-refractivity contribution in [2.45, 2.75) is 40.0 Å². The molecule has 1 aromatic rings. The van der Waals surface area contributed by atoms with Gasteiger partial charge in [-0.2, -0.15) is 0 Å². The molecule has 0 unspecified atom stereocenters. The molecule has 0 atom stereocenters. The van der Waals surface area contributed by atoms with Crippen LogP contribution < -0.4 is 10.2 Å². The normalized spacial score (nSPS) is 11.7. The summed E-state index contributed by atoms with van der Waals surface area (Å²) in [5, 5.41) is 3.56. The van der Waals surface area contributed by atoms with Gasteiger partial charge in [-0.3, -0.25) is 0 Å². The maximum atomic E-state index is 13.0. The number of nitrogens with one attached hydrogen (secondary N) is 1. The van der Waals surface area contributed by atoms with Crippen molar-refractivity contribution >= 4 is 5.69 Å². The molecule has 1 rings (SSSR count). The molecule has 0 aliphatic carbocycles. The van der Waals surface area contributed by atoms with Crippen molar-refractivity contribution in [2.24, 2.45) is 5.41 Å². The first-order valence-corrected chi connectivity index (χ1v) is 7.74. The van der Waals surface area contributed by atoms with Crippen molar-refractivity contribution in [3.05, 3.63) is 30.1 Å². The van der Waals surface area contributed by atoms with Crippen LogP contribution in [0.1, 0.15) is 40.0 Å². The van der Waals surface area contributed by atoms with Crippen LogP contribution in [0.5, 0.6) is 0 Å². The summed E-state index contributed by atoms with van der Waals surface area (Å²) in [4.78, 5) is 2.24. The molecule has 0 heterocycles. The van der Waals surface area contributed by atoms with Crippen LogP contribution in [0.3, 0.4) is 0 Å². The fraction of sp³-hybridized carbons (Fsp3) is 0.647. The molecule has 0 aliphatic rings. The van der Waals surface area contributed by atoms with Gasteiger partial charge >= 0.3 is 0 Å². The van der Waals surface area contributed by atoms with Gasteiger partial charge in [0.15, 0.2) is 0 Å². The summed E-state index contributed by atoms with van der Waals surface area (Å²) >= 11 is 0. The highest BCUT2D eigenvalue weighted by molar-refractivity contribution is 5.45. The zero-order chi connectivity index (χ0) is 15.0. The molecule has 1 N–H and O–H groups in total. The van der Waals surface area contributed by atoms with E-state index < -0.39 is 0 Å². The molecule has 0 fully saturated rings. The van der Waals surface area contributed by atoms with E-state index in [9.17, 15) is 4.39 Å². The van der Waals surface area contributed by atoms with Crippen molar-refractivity contribution < 1.29 is 4.39 Å². The molecule has 0 radical (unpaired) electrons. The number of rotatable bonds is 9. The Hall–Kier alpha value is -1.09. The highest BCUT2D eigenvalue weighted by Gasteiger charge is 2.27. The minimum absolute atomic E-state index is 0.177. The monoisotopic (exact) mass is 280 g/mol. The van der Waals surface area contributed by atoms with Gasteiger partial charge in [-0.15, -0.1) is 0 Å². The predicted molar refractivity (Wildman–Crippen MR) is 85.8 cm³/mol. The van der Waals surface area contributed by atoms with Crippen molar-refractivity contribution in [3.8, 4) is 0 Å². The molecule has 1 aromatic carbocycles. The first-order valence-electron chi connectivity index (χ1n) is 7.74. The third-order valence-corrected chi connectivity index (χ3v) is 4.27. The van der Waals surface area contributed by atoms with Crippen LogP contribution in [-0.2, 0) is 0 Å². The minimum atomic E-state index is -0.177. The molecule has 0 amide bonds. The summed E-state index contributed by atoms with van der Waals surface area (Å²) in [5.41, 5.74) is 1.35. The lowest BCUT2D eigenvalue weighted by Crippen LogP contribution is -2.42. The van der Waals surface area contributed by atoms with Crippen molar-refractivity contribution in [1.82, 2.24) is 5.32 Å². The van der Waals surface area contributed by atoms with Gasteiger partial charge in [-0.25, -0.2) is 4.39 Å². The smallest absolute Gasteiger partial charge is 0.123 e. The van der Waals surface area contributed by atoms with E-state index in [1.165, 1.54) is 12.1 Å². The molecule has 0 spiro atoms. The van der Waals surface area contributed by atoms with E-state index in [0.717, 1.165) is 44.6 Å². The molecule has 0 bridgehead atoms. The Bertz CT molecular complexity index is 371. The Morgan fingerprint density at radius 3 is 2.20 bits per heavy atom. The summed E-state index contributed by atoms with van der Waals surface area (Å²) in [6, 6.07) is 6.76. The number of halogens is 1. The molecular formula is C17H29FN2. The summed E-state index contributed by atoms with van der Waals surface area (Å²) in [7, 11) is 2.09. The maximum absolute atomic E-state index is 13.0. The van der Waals surface area contributed by atoms with Crippen LogP contribution in [-0.4, -0.2) is 26.7 Å². The van der Waals surface area contributed by atoms with Gasteiger partial charge in [-0.05, 0) is 55.5 Å². The van der Waals surface area contributed by atoms with E-state index in [2.05, 4.69) is 38.0 Å². The second-order valence-corrected chi connectivity index (χ2v) is 5.72. The van der Waals surface area contributed by atoms with Crippen LogP contribution in [0.25, 0.3) is 0 Å². The van der Waals surface area contributed by atoms with Gasteiger partial charge < -0.3 is 10.2 Å². The second-order valence-electron chi connectivity index (χ2n) is 5.72. The van der Waals surface area contributed by atoms with Crippen LogP contribution in [0.4, 0.5) is 10.1 Å². The van der Waals surface area contributed by atoms with E-state index >= 15 is 0 Å². The van der Waals surface area contributed by atoms with Gasteiger partial charge in [0.05, 0.1) is 0 Å². The third-order valence-electron chi connectivity index (χ3n) is 4.27. The van der Waals surface area contributed by atoms with E-state index in [1.54, 1.807) is 0 Å². The molecule has 0 aromatic heterocycles. The standard InChI is InChI=1S/C17H29FN2/c1-5-12-19-13-17(6-2,7-3)14-20(4)16-10-8-15(18)9-11-16/h8-11,19H,5-7,12-14H2,1-4H3. The summed E-state index contributed by atoms with van der Waals surface area (Å²) in [5.74, 6) is -0.177. The van der Waals surface area contributed by atoms with E-state index in [4.69, 9.17) is 0 Å². The highest BCUT2D eigenvalue weighted by atomic mass is 19.1. The Balaban J connectivity index is 2.70. The van der Waals surface area contributed by atoms with Crippen molar-refractivity contribution in [3.63, 3.8) is 0 Å². The first kappa shape index (κ1) is 17.0. The Morgan fingerprint density at radius 1 is 1.10 bits per heavy atom. The molecule has 0 saturated heterocycles. The van der Waals surface area contributed by atoms with Crippen molar-refractivity contribution in [1.29, 1.82) is 0 Å². The van der Waals surface area contributed by atoms with E-state index in [1.807, 2.05) is 12.1 Å². The molecule has 114 valence electrons. The number of nitrogens with zero attached hydrogens (tertiary/aromatic N) is 1. The van der Waals surface area contributed by atoms with Crippen LogP contribution in [0.15, 0.2) is 24.3 Å². The number of hydrogen-bond donors (Lipinski definition) is 1. The fourth-order valence-electron chi connectivity index (χ4n) is 2.60. The lowest BCUT2D eigenvalue weighted by atomic mass is 9.81. The first-order chi connectivity index (χ1) is 9.56. The third kappa shape index (κ3) is 4.78. The number of anilines is 1.